The first-order valence-corrected chi connectivity index (χ1v) is 12.2. The fourth-order valence-corrected chi connectivity index (χ4v) is 5.48. The van der Waals surface area contributed by atoms with E-state index in [1.807, 2.05) is 0 Å². The van der Waals surface area contributed by atoms with Gasteiger partial charge in [-0.1, -0.05) is 32.1 Å². The third-order valence-corrected chi connectivity index (χ3v) is 7.78. The number of piperazine rings is 1. The molecule has 6 nitrogen and oxygen atoms in total. The van der Waals surface area contributed by atoms with Crippen LogP contribution in [0.4, 0.5) is 0 Å². The van der Waals surface area contributed by atoms with Crippen molar-refractivity contribution in [1.82, 2.24) is 20.0 Å². The fourth-order valence-electron chi connectivity index (χ4n) is 5.48. The highest BCUT2D eigenvalue weighted by Gasteiger charge is 2.31. The summed E-state index contributed by atoms with van der Waals surface area (Å²) in [7, 11) is 0. The van der Waals surface area contributed by atoms with Gasteiger partial charge in [-0.3, -0.25) is 19.4 Å². The molecule has 0 atom stereocenters. The minimum Gasteiger partial charge on any atom is -0.353 e. The second-order valence-electron chi connectivity index (χ2n) is 9.75. The number of piperidine rings is 1. The lowest BCUT2D eigenvalue weighted by Crippen LogP contribution is -2.55. The van der Waals surface area contributed by atoms with E-state index >= 15 is 0 Å². The van der Waals surface area contributed by atoms with Crippen molar-refractivity contribution in [3.05, 3.63) is 0 Å². The molecule has 2 heterocycles. The van der Waals surface area contributed by atoms with Crippen molar-refractivity contribution in [2.24, 2.45) is 5.92 Å². The molecule has 0 bridgehead atoms. The van der Waals surface area contributed by atoms with Gasteiger partial charge in [0, 0.05) is 57.3 Å². The molecule has 0 aromatic heterocycles. The Morgan fingerprint density at radius 1 is 0.724 bits per heavy atom. The van der Waals surface area contributed by atoms with E-state index in [9.17, 15) is 9.59 Å². The van der Waals surface area contributed by atoms with Gasteiger partial charge in [-0.05, 0) is 38.5 Å². The maximum absolute atomic E-state index is 12.7. The SMILES string of the molecule is O=C(NC1CCN(CC(=O)N2CCN(C3CCC3)CC2)CC1)C1CCCCCC1. The number of likely N-dealkylation sites (tertiary alicyclic amines) is 1. The zero-order valence-corrected chi connectivity index (χ0v) is 18.1. The number of rotatable bonds is 5. The summed E-state index contributed by atoms with van der Waals surface area (Å²) < 4.78 is 0. The summed E-state index contributed by atoms with van der Waals surface area (Å²) in [5.41, 5.74) is 0. The normalized spacial score (nSPS) is 26.7. The molecule has 4 aliphatic rings. The summed E-state index contributed by atoms with van der Waals surface area (Å²) in [4.78, 5) is 32.2. The molecule has 4 rings (SSSR count). The molecule has 0 aromatic carbocycles. The molecule has 0 unspecified atom stereocenters. The number of hydrogen-bond acceptors (Lipinski definition) is 4. The summed E-state index contributed by atoms with van der Waals surface area (Å²) in [6.07, 6.45) is 13.1. The standard InChI is InChI=1S/C23H40N4O2/c28-22(27-16-14-26(15-17-27)21-8-5-9-21)18-25-12-10-20(11-13-25)24-23(29)19-6-3-1-2-4-7-19/h19-21H,1-18H2,(H,24,29). The van der Waals surface area contributed by atoms with E-state index in [1.165, 1.54) is 44.9 Å². The molecular formula is C23H40N4O2. The average molecular weight is 405 g/mol. The van der Waals surface area contributed by atoms with Crippen LogP contribution in [-0.4, -0.2) is 84.4 Å². The number of nitrogens with one attached hydrogen (secondary N) is 1. The summed E-state index contributed by atoms with van der Waals surface area (Å²) in [5, 5.41) is 3.31. The van der Waals surface area contributed by atoms with Crippen LogP contribution in [0.2, 0.25) is 0 Å². The van der Waals surface area contributed by atoms with Crippen molar-refractivity contribution >= 4 is 11.8 Å². The topological polar surface area (TPSA) is 55.9 Å². The van der Waals surface area contributed by atoms with E-state index in [0.717, 1.165) is 71.0 Å². The Morgan fingerprint density at radius 3 is 1.97 bits per heavy atom. The first kappa shape index (κ1) is 21.1. The minimum absolute atomic E-state index is 0.232. The van der Waals surface area contributed by atoms with Crippen molar-refractivity contribution < 1.29 is 9.59 Å². The Kier molecular flexibility index (Phi) is 7.46. The van der Waals surface area contributed by atoms with Crippen LogP contribution in [0.3, 0.4) is 0 Å². The van der Waals surface area contributed by atoms with Crippen molar-refractivity contribution in [3.63, 3.8) is 0 Å². The first-order chi connectivity index (χ1) is 14.2. The monoisotopic (exact) mass is 404 g/mol. The Hall–Kier alpha value is -1.14. The Balaban J connectivity index is 1.13. The van der Waals surface area contributed by atoms with Gasteiger partial charge >= 0.3 is 0 Å². The van der Waals surface area contributed by atoms with E-state index in [0.29, 0.717) is 18.5 Å². The molecule has 29 heavy (non-hydrogen) atoms. The van der Waals surface area contributed by atoms with E-state index in [-0.39, 0.29) is 11.8 Å². The van der Waals surface area contributed by atoms with Crippen LogP contribution in [-0.2, 0) is 9.59 Å². The second kappa shape index (κ2) is 10.3. The Bertz CT molecular complexity index is 541. The molecule has 2 aliphatic carbocycles. The molecule has 6 heteroatoms. The third-order valence-electron chi connectivity index (χ3n) is 7.78. The number of hydrogen-bond donors (Lipinski definition) is 1. The molecular weight excluding hydrogens is 364 g/mol. The van der Waals surface area contributed by atoms with Crippen LogP contribution in [0.25, 0.3) is 0 Å². The molecule has 1 N–H and O–H groups in total. The molecule has 2 saturated carbocycles. The highest BCUT2D eigenvalue weighted by Crippen LogP contribution is 2.26. The zero-order chi connectivity index (χ0) is 20.1. The van der Waals surface area contributed by atoms with E-state index in [2.05, 4.69) is 20.0 Å². The fraction of sp³-hybridized carbons (Fsp3) is 0.913. The van der Waals surface area contributed by atoms with Crippen LogP contribution < -0.4 is 5.32 Å². The van der Waals surface area contributed by atoms with E-state index in [1.54, 1.807) is 0 Å². The van der Waals surface area contributed by atoms with Gasteiger partial charge in [-0.2, -0.15) is 0 Å². The lowest BCUT2D eigenvalue weighted by Gasteiger charge is -2.43. The van der Waals surface area contributed by atoms with Crippen LogP contribution in [0.5, 0.6) is 0 Å². The van der Waals surface area contributed by atoms with E-state index < -0.39 is 0 Å². The van der Waals surface area contributed by atoms with Crippen LogP contribution in [0, 0.1) is 5.92 Å². The molecule has 0 spiro atoms. The van der Waals surface area contributed by atoms with Gasteiger partial charge in [0.1, 0.15) is 0 Å². The van der Waals surface area contributed by atoms with Gasteiger partial charge in [-0.25, -0.2) is 0 Å². The minimum atomic E-state index is 0.232. The highest BCUT2D eigenvalue weighted by atomic mass is 16.2. The van der Waals surface area contributed by atoms with E-state index in [4.69, 9.17) is 0 Å². The summed E-state index contributed by atoms with van der Waals surface area (Å²) >= 11 is 0. The quantitative estimate of drug-likeness (QED) is 0.714. The smallest absolute Gasteiger partial charge is 0.236 e. The molecule has 0 radical (unpaired) electrons. The molecule has 4 fully saturated rings. The van der Waals surface area contributed by atoms with Crippen LogP contribution in [0.15, 0.2) is 0 Å². The predicted octanol–water partition coefficient (Wildman–Crippen LogP) is 2.23. The van der Waals surface area contributed by atoms with Crippen LogP contribution in [0.1, 0.15) is 70.6 Å². The van der Waals surface area contributed by atoms with Gasteiger partial charge < -0.3 is 10.2 Å². The van der Waals surface area contributed by atoms with Gasteiger partial charge in [0.2, 0.25) is 11.8 Å². The maximum atomic E-state index is 12.7. The average Bonchev–Trinajstić information content (AvgIpc) is 2.98. The van der Waals surface area contributed by atoms with Gasteiger partial charge in [0.05, 0.1) is 6.54 Å². The first-order valence-electron chi connectivity index (χ1n) is 12.2. The summed E-state index contributed by atoms with van der Waals surface area (Å²) in [5.74, 6) is 0.806. The highest BCUT2D eigenvalue weighted by molar-refractivity contribution is 5.79. The molecule has 2 amide bonds. The van der Waals surface area contributed by atoms with Crippen LogP contribution >= 0.6 is 0 Å². The molecule has 2 saturated heterocycles. The van der Waals surface area contributed by atoms with Crippen molar-refractivity contribution in [3.8, 4) is 0 Å². The summed E-state index contributed by atoms with van der Waals surface area (Å²) in [6.45, 7) is 6.27. The maximum Gasteiger partial charge on any atom is 0.236 e. The van der Waals surface area contributed by atoms with Crippen molar-refractivity contribution in [2.45, 2.75) is 82.7 Å². The number of nitrogens with zero attached hydrogens (tertiary/aromatic N) is 3. The number of carbonyl (C=O) groups excluding carboxylic acids is 2. The van der Waals surface area contributed by atoms with Gasteiger partial charge in [0.25, 0.3) is 0 Å². The Labute approximate surface area is 176 Å². The molecule has 0 aromatic rings. The molecule has 2 aliphatic heterocycles. The predicted molar refractivity (Wildman–Crippen MR) is 115 cm³/mol. The summed E-state index contributed by atoms with van der Waals surface area (Å²) in [6, 6.07) is 1.09. The van der Waals surface area contributed by atoms with Crippen molar-refractivity contribution in [1.29, 1.82) is 0 Å². The van der Waals surface area contributed by atoms with Crippen molar-refractivity contribution in [2.75, 3.05) is 45.8 Å². The number of carbonyl (C=O) groups is 2. The lowest BCUT2D eigenvalue weighted by molar-refractivity contribution is -0.135. The van der Waals surface area contributed by atoms with Gasteiger partial charge in [0.15, 0.2) is 0 Å². The largest absolute Gasteiger partial charge is 0.353 e. The third kappa shape index (κ3) is 5.72. The number of amides is 2. The zero-order valence-electron chi connectivity index (χ0n) is 18.1. The second-order valence-corrected chi connectivity index (χ2v) is 9.75. The Morgan fingerprint density at radius 2 is 1.38 bits per heavy atom. The lowest BCUT2D eigenvalue weighted by atomic mass is 9.91. The van der Waals surface area contributed by atoms with Gasteiger partial charge in [-0.15, -0.1) is 0 Å². The molecule has 164 valence electrons.